The van der Waals surface area contributed by atoms with Crippen molar-refractivity contribution in [3.63, 3.8) is 0 Å². The van der Waals surface area contributed by atoms with E-state index in [9.17, 15) is 9.18 Å². The Morgan fingerprint density at radius 3 is 2.64 bits per heavy atom. The molecule has 28 heavy (non-hydrogen) atoms. The molecular weight excluding hydrogens is 357 g/mol. The van der Waals surface area contributed by atoms with Crippen LogP contribution in [0.5, 0.6) is 0 Å². The van der Waals surface area contributed by atoms with Gasteiger partial charge in [0, 0.05) is 23.5 Å². The van der Waals surface area contributed by atoms with Crippen molar-refractivity contribution < 1.29 is 13.9 Å². The molecule has 1 N–H and O–H groups in total. The van der Waals surface area contributed by atoms with E-state index in [0.717, 1.165) is 22.2 Å². The van der Waals surface area contributed by atoms with Crippen LogP contribution in [0, 0.1) is 5.82 Å². The van der Waals surface area contributed by atoms with E-state index in [2.05, 4.69) is 15.3 Å². The normalized spacial score (nSPS) is 20.0. The third-order valence-corrected chi connectivity index (χ3v) is 5.04. The van der Waals surface area contributed by atoms with Crippen LogP contribution in [0.4, 0.5) is 10.1 Å². The van der Waals surface area contributed by atoms with Crippen molar-refractivity contribution >= 4 is 33.8 Å². The average molecular weight is 373 g/mol. The first-order valence-corrected chi connectivity index (χ1v) is 8.90. The smallest absolute Gasteiger partial charge is 0.260 e. The number of aromatic nitrogens is 2. The topological polar surface area (TPSA) is 64.1 Å². The van der Waals surface area contributed by atoms with Gasteiger partial charge in [0.15, 0.2) is 0 Å². The monoisotopic (exact) mass is 373 g/mol. The Balaban J connectivity index is 1.67. The lowest BCUT2D eigenvalue weighted by Crippen LogP contribution is -2.21. The first kappa shape index (κ1) is 16.6. The fraction of sp³-hybridized carbons (Fsp3) is 0.136. The minimum atomic E-state index is -0.638. The molecule has 0 aliphatic carbocycles. The second-order valence-corrected chi connectivity index (χ2v) is 7.31. The molecule has 0 saturated carbocycles. The van der Waals surface area contributed by atoms with Gasteiger partial charge in [0.1, 0.15) is 17.2 Å². The molecule has 3 heterocycles. The van der Waals surface area contributed by atoms with Crippen LogP contribution in [0.15, 0.2) is 60.6 Å². The molecule has 0 radical (unpaired) electrons. The number of hydrogen-bond donors (Lipinski definition) is 1. The fourth-order valence-corrected chi connectivity index (χ4v) is 3.74. The lowest BCUT2D eigenvalue weighted by atomic mass is 9.92. The standard InChI is InChI=1S/C22H16FN3O2/c1-22(2)15(12-3-6-16-18(9-12)25-8-7-24-16)11-19(28-22)20-14-5-4-13(23)10-17(14)26-21(20)27/h3-11H,1-2H3,(H,26,27). The van der Waals surface area contributed by atoms with Crippen molar-refractivity contribution in [1.82, 2.24) is 9.97 Å². The van der Waals surface area contributed by atoms with Crippen molar-refractivity contribution in [1.29, 1.82) is 0 Å². The summed E-state index contributed by atoms with van der Waals surface area (Å²) in [6.07, 6.45) is 5.19. The van der Waals surface area contributed by atoms with Gasteiger partial charge in [-0.1, -0.05) is 6.07 Å². The van der Waals surface area contributed by atoms with Gasteiger partial charge in [0.2, 0.25) is 0 Å². The van der Waals surface area contributed by atoms with Crippen molar-refractivity contribution in [2.75, 3.05) is 5.32 Å². The summed E-state index contributed by atoms with van der Waals surface area (Å²) in [4.78, 5) is 21.2. The summed E-state index contributed by atoms with van der Waals surface area (Å²) >= 11 is 0. The van der Waals surface area contributed by atoms with Crippen LogP contribution in [0.3, 0.4) is 0 Å². The number of nitrogens with zero attached hydrogens (tertiary/aromatic N) is 2. The van der Waals surface area contributed by atoms with Crippen molar-refractivity contribution in [2.45, 2.75) is 19.4 Å². The van der Waals surface area contributed by atoms with Gasteiger partial charge in [0.05, 0.1) is 22.3 Å². The zero-order chi connectivity index (χ0) is 19.5. The van der Waals surface area contributed by atoms with E-state index in [1.807, 2.05) is 38.1 Å². The van der Waals surface area contributed by atoms with Crippen LogP contribution < -0.4 is 5.32 Å². The van der Waals surface area contributed by atoms with Gasteiger partial charge in [0.25, 0.3) is 5.91 Å². The number of carbonyl (C=O) groups excluding carboxylic acids is 1. The zero-order valence-electron chi connectivity index (χ0n) is 15.3. The molecule has 0 saturated heterocycles. The molecule has 0 bridgehead atoms. The van der Waals surface area contributed by atoms with Gasteiger partial charge in [-0.2, -0.15) is 0 Å². The molecule has 2 aliphatic heterocycles. The van der Waals surface area contributed by atoms with Crippen LogP contribution in [-0.2, 0) is 9.53 Å². The molecule has 0 fully saturated rings. The summed E-state index contributed by atoms with van der Waals surface area (Å²) in [6.45, 7) is 3.90. The largest absolute Gasteiger partial charge is 0.482 e. The Morgan fingerprint density at radius 1 is 1.04 bits per heavy atom. The van der Waals surface area contributed by atoms with E-state index in [0.29, 0.717) is 22.6 Å². The van der Waals surface area contributed by atoms with Crippen LogP contribution in [0.25, 0.3) is 22.2 Å². The van der Waals surface area contributed by atoms with E-state index >= 15 is 0 Å². The number of fused-ring (bicyclic) bond motifs is 2. The predicted molar refractivity (Wildman–Crippen MR) is 105 cm³/mol. The number of nitrogens with one attached hydrogen (secondary N) is 1. The average Bonchev–Trinajstić information content (AvgIpc) is 3.15. The van der Waals surface area contributed by atoms with Gasteiger partial charge in [-0.3, -0.25) is 14.8 Å². The number of hydrogen-bond acceptors (Lipinski definition) is 4. The molecule has 5 rings (SSSR count). The van der Waals surface area contributed by atoms with Crippen LogP contribution in [-0.4, -0.2) is 21.5 Å². The number of rotatable bonds is 1. The molecule has 2 aliphatic rings. The SMILES string of the molecule is CC1(C)OC(=C2C(=O)Nc3cc(F)ccc32)C=C1c1ccc2nccnc2c1. The van der Waals surface area contributed by atoms with Crippen LogP contribution in [0.1, 0.15) is 25.0 Å². The molecule has 6 heteroatoms. The van der Waals surface area contributed by atoms with Gasteiger partial charge >= 0.3 is 0 Å². The summed E-state index contributed by atoms with van der Waals surface area (Å²) < 4.78 is 19.7. The maximum Gasteiger partial charge on any atom is 0.260 e. The predicted octanol–water partition coefficient (Wildman–Crippen LogP) is 4.32. The highest BCUT2D eigenvalue weighted by atomic mass is 19.1. The quantitative estimate of drug-likeness (QED) is 0.645. The Bertz CT molecular complexity index is 1230. The highest BCUT2D eigenvalue weighted by molar-refractivity contribution is 6.32. The van der Waals surface area contributed by atoms with E-state index in [1.165, 1.54) is 12.1 Å². The van der Waals surface area contributed by atoms with E-state index in [-0.39, 0.29) is 5.91 Å². The Morgan fingerprint density at radius 2 is 1.82 bits per heavy atom. The molecule has 1 aromatic heterocycles. The fourth-order valence-electron chi connectivity index (χ4n) is 3.74. The van der Waals surface area contributed by atoms with Crippen molar-refractivity contribution in [2.24, 2.45) is 0 Å². The molecule has 0 atom stereocenters. The number of halogens is 1. The Hall–Kier alpha value is -3.54. The Labute approximate surface area is 160 Å². The molecule has 5 nitrogen and oxygen atoms in total. The summed E-state index contributed by atoms with van der Waals surface area (Å²) in [5.74, 6) is -0.221. The lowest BCUT2D eigenvalue weighted by Gasteiger charge is -2.23. The summed E-state index contributed by atoms with van der Waals surface area (Å²) in [7, 11) is 0. The number of allylic oxidation sites excluding steroid dienone is 1. The van der Waals surface area contributed by atoms with Gasteiger partial charge in [-0.25, -0.2) is 4.39 Å². The number of carbonyl (C=O) groups is 1. The highest BCUT2D eigenvalue weighted by Crippen LogP contribution is 2.44. The Kier molecular flexibility index (Phi) is 3.40. The molecule has 2 aromatic carbocycles. The second kappa shape index (κ2) is 5.73. The van der Waals surface area contributed by atoms with Crippen LogP contribution in [0.2, 0.25) is 0 Å². The molecule has 0 unspecified atom stereocenters. The number of anilines is 1. The molecule has 1 amide bonds. The number of benzene rings is 2. The highest BCUT2D eigenvalue weighted by Gasteiger charge is 2.38. The first-order valence-electron chi connectivity index (χ1n) is 8.90. The maximum atomic E-state index is 13.5. The third-order valence-electron chi connectivity index (χ3n) is 5.04. The van der Waals surface area contributed by atoms with Crippen LogP contribution >= 0.6 is 0 Å². The third kappa shape index (κ3) is 2.49. The molecule has 138 valence electrons. The summed E-state index contributed by atoms with van der Waals surface area (Å²) in [5.41, 5.74) is 4.36. The van der Waals surface area contributed by atoms with Crippen molar-refractivity contribution in [3.05, 3.63) is 77.6 Å². The van der Waals surface area contributed by atoms with Gasteiger partial charge in [-0.15, -0.1) is 0 Å². The zero-order valence-corrected chi connectivity index (χ0v) is 15.3. The van der Waals surface area contributed by atoms with E-state index in [4.69, 9.17) is 4.74 Å². The first-order chi connectivity index (χ1) is 13.4. The number of ether oxygens (including phenoxy) is 1. The van der Waals surface area contributed by atoms with E-state index < -0.39 is 11.4 Å². The number of amides is 1. The summed E-state index contributed by atoms with van der Waals surface area (Å²) in [6, 6.07) is 10.1. The molecule has 3 aromatic rings. The van der Waals surface area contributed by atoms with Crippen molar-refractivity contribution in [3.8, 4) is 0 Å². The van der Waals surface area contributed by atoms with Gasteiger partial charge in [-0.05, 0) is 55.8 Å². The maximum absolute atomic E-state index is 13.5. The second-order valence-electron chi connectivity index (χ2n) is 7.31. The molecule has 0 spiro atoms. The van der Waals surface area contributed by atoms with Gasteiger partial charge < -0.3 is 10.1 Å². The molecular formula is C22H16FN3O2. The minimum absolute atomic E-state index is 0.298. The lowest BCUT2D eigenvalue weighted by molar-refractivity contribution is -0.111. The minimum Gasteiger partial charge on any atom is -0.482 e. The van der Waals surface area contributed by atoms with E-state index in [1.54, 1.807) is 18.5 Å². The summed E-state index contributed by atoms with van der Waals surface area (Å²) in [5, 5.41) is 2.71.